The molecule has 1 aromatic heterocycles. The molecule has 2 fully saturated rings. The van der Waals surface area contributed by atoms with Gasteiger partial charge in [0, 0.05) is 12.0 Å². The summed E-state index contributed by atoms with van der Waals surface area (Å²) in [6.45, 7) is 1.83. The summed E-state index contributed by atoms with van der Waals surface area (Å²) in [6.07, 6.45) is 4.80. The highest BCUT2D eigenvalue weighted by molar-refractivity contribution is 5.29. The lowest BCUT2D eigenvalue weighted by Gasteiger charge is -2.23. The molecule has 0 unspecified atom stereocenters. The highest BCUT2D eigenvalue weighted by Crippen LogP contribution is 2.38. The molecular formula is C17H21N3O2. The van der Waals surface area contributed by atoms with Crippen LogP contribution in [0.2, 0.25) is 0 Å². The van der Waals surface area contributed by atoms with Crippen molar-refractivity contribution in [3.63, 3.8) is 0 Å². The number of likely N-dealkylation sites (tertiary alicyclic amines) is 1. The zero-order valence-electron chi connectivity index (χ0n) is 12.9. The summed E-state index contributed by atoms with van der Waals surface area (Å²) >= 11 is 0. The fourth-order valence-electron chi connectivity index (χ4n) is 3.23. The topological polar surface area (TPSA) is 51.4 Å². The van der Waals surface area contributed by atoms with Crippen LogP contribution in [0, 0.1) is 0 Å². The third-order valence-electron chi connectivity index (χ3n) is 4.63. The molecule has 4 rings (SSSR count). The maximum atomic E-state index is 5.43. The first kappa shape index (κ1) is 13.8. The first-order valence-corrected chi connectivity index (χ1v) is 8.04. The molecule has 1 saturated heterocycles. The molecule has 2 aliphatic rings. The number of rotatable bonds is 5. The van der Waals surface area contributed by atoms with Crippen LogP contribution in [0.15, 0.2) is 28.8 Å². The second-order valence-corrected chi connectivity index (χ2v) is 6.22. The van der Waals surface area contributed by atoms with Gasteiger partial charge >= 0.3 is 0 Å². The highest BCUT2D eigenvalue weighted by atomic mass is 16.5. The van der Waals surface area contributed by atoms with Gasteiger partial charge in [-0.05, 0) is 49.9 Å². The van der Waals surface area contributed by atoms with Gasteiger partial charge in [0.25, 0.3) is 0 Å². The van der Waals surface area contributed by atoms with Crippen LogP contribution < -0.4 is 4.74 Å². The molecule has 0 spiro atoms. The van der Waals surface area contributed by atoms with E-state index < -0.39 is 0 Å². The number of hydrogen-bond acceptors (Lipinski definition) is 5. The van der Waals surface area contributed by atoms with Gasteiger partial charge in [0.2, 0.25) is 5.89 Å². The molecule has 1 saturated carbocycles. The summed E-state index contributed by atoms with van der Waals surface area (Å²) < 4.78 is 10.7. The van der Waals surface area contributed by atoms with Crippen LogP contribution in [-0.4, -0.2) is 28.7 Å². The van der Waals surface area contributed by atoms with E-state index in [1.165, 1.54) is 31.2 Å². The van der Waals surface area contributed by atoms with Crippen molar-refractivity contribution in [3.8, 4) is 5.75 Å². The number of benzene rings is 1. The second kappa shape index (κ2) is 5.72. The number of methoxy groups -OCH3 is 1. The van der Waals surface area contributed by atoms with Crippen molar-refractivity contribution in [1.29, 1.82) is 0 Å². The summed E-state index contributed by atoms with van der Waals surface area (Å²) in [6, 6.07) is 8.81. The summed E-state index contributed by atoms with van der Waals surface area (Å²) in [4.78, 5) is 6.99. The van der Waals surface area contributed by atoms with Crippen molar-refractivity contribution in [1.82, 2.24) is 15.0 Å². The maximum absolute atomic E-state index is 5.43. The maximum Gasteiger partial charge on any atom is 0.240 e. The minimum Gasteiger partial charge on any atom is -0.497 e. The molecule has 2 heterocycles. The van der Waals surface area contributed by atoms with E-state index in [0.29, 0.717) is 12.0 Å². The van der Waals surface area contributed by atoms with Crippen molar-refractivity contribution < 1.29 is 9.26 Å². The molecule has 5 nitrogen and oxygen atoms in total. The minimum absolute atomic E-state index is 0.433. The SMILES string of the molecule is COc1ccc([C@H]2CCCN2Cc2nc(C3CC3)no2)cc1. The van der Waals surface area contributed by atoms with Crippen LogP contribution in [0.4, 0.5) is 0 Å². The Morgan fingerprint density at radius 1 is 1.23 bits per heavy atom. The number of aromatic nitrogens is 2. The first-order chi connectivity index (χ1) is 10.8. The monoisotopic (exact) mass is 299 g/mol. The summed E-state index contributed by atoms with van der Waals surface area (Å²) in [5.41, 5.74) is 1.33. The Kier molecular flexibility index (Phi) is 3.58. The molecule has 0 amide bonds. The zero-order chi connectivity index (χ0) is 14.9. The lowest BCUT2D eigenvalue weighted by Crippen LogP contribution is -2.22. The van der Waals surface area contributed by atoms with Crippen LogP contribution in [0.25, 0.3) is 0 Å². The van der Waals surface area contributed by atoms with Gasteiger partial charge < -0.3 is 9.26 Å². The van der Waals surface area contributed by atoms with Crippen molar-refractivity contribution in [3.05, 3.63) is 41.5 Å². The van der Waals surface area contributed by atoms with E-state index in [-0.39, 0.29) is 0 Å². The van der Waals surface area contributed by atoms with Crippen molar-refractivity contribution >= 4 is 0 Å². The van der Waals surface area contributed by atoms with E-state index >= 15 is 0 Å². The molecule has 0 bridgehead atoms. The minimum atomic E-state index is 0.433. The highest BCUT2D eigenvalue weighted by Gasteiger charge is 2.31. The molecule has 1 aliphatic carbocycles. The summed E-state index contributed by atoms with van der Waals surface area (Å²) in [5, 5.41) is 4.11. The Morgan fingerprint density at radius 2 is 2.05 bits per heavy atom. The fraction of sp³-hybridized carbons (Fsp3) is 0.529. The molecule has 1 aliphatic heterocycles. The average Bonchev–Trinajstić information content (AvgIpc) is 3.13. The normalized spacial score (nSPS) is 22.1. The van der Waals surface area contributed by atoms with Gasteiger partial charge in [0.05, 0.1) is 13.7 Å². The molecule has 22 heavy (non-hydrogen) atoms. The van der Waals surface area contributed by atoms with Gasteiger partial charge in [-0.3, -0.25) is 4.90 Å². The van der Waals surface area contributed by atoms with E-state index in [1.54, 1.807) is 7.11 Å². The molecular weight excluding hydrogens is 278 g/mol. The van der Waals surface area contributed by atoms with Crippen LogP contribution in [0.3, 0.4) is 0 Å². The lowest BCUT2D eigenvalue weighted by molar-refractivity contribution is 0.212. The van der Waals surface area contributed by atoms with Gasteiger partial charge in [-0.15, -0.1) is 0 Å². The van der Waals surface area contributed by atoms with Gasteiger partial charge in [-0.2, -0.15) is 4.98 Å². The van der Waals surface area contributed by atoms with Crippen LogP contribution in [-0.2, 0) is 6.54 Å². The Bertz CT molecular complexity index is 634. The second-order valence-electron chi connectivity index (χ2n) is 6.22. The number of nitrogens with zero attached hydrogens (tertiary/aromatic N) is 3. The molecule has 5 heteroatoms. The lowest BCUT2D eigenvalue weighted by atomic mass is 10.0. The van der Waals surface area contributed by atoms with E-state index in [0.717, 1.165) is 30.6 Å². The van der Waals surface area contributed by atoms with Gasteiger partial charge in [-0.25, -0.2) is 0 Å². The van der Waals surface area contributed by atoms with E-state index in [9.17, 15) is 0 Å². The predicted octanol–water partition coefficient (Wildman–Crippen LogP) is 3.29. The van der Waals surface area contributed by atoms with Crippen molar-refractivity contribution in [2.45, 2.75) is 44.2 Å². The van der Waals surface area contributed by atoms with Gasteiger partial charge in [0.15, 0.2) is 5.82 Å². The van der Waals surface area contributed by atoms with Crippen LogP contribution >= 0.6 is 0 Å². The molecule has 1 aromatic carbocycles. The number of ether oxygens (including phenoxy) is 1. The van der Waals surface area contributed by atoms with Crippen molar-refractivity contribution in [2.24, 2.45) is 0 Å². The van der Waals surface area contributed by atoms with Crippen LogP contribution in [0.1, 0.15) is 54.9 Å². The molecule has 2 aromatic rings. The third-order valence-corrected chi connectivity index (χ3v) is 4.63. The largest absolute Gasteiger partial charge is 0.497 e. The fourth-order valence-corrected chi connectivity index (χ4v) is 3.23. The average molecular weight is 299 g/mol. The predicted molar refractivity (Wildman–Crippen MR) is 81.7 cm³/mol. The van der Waals surface area contributed by atoms with Crippen molar-refractivity contribution in [2.75, 3.05) is 13.7 Å². The Hall–Kier alpha value is -1.88. The zero-order valence-corrected chi connectivity index (χ0v) is 12.9. The molecule has 116 valence electrons. The Morgan fingerprint density at radius 3 is 2.77 bits per heavy atom. The standard InChI is InChI=1S/C17H21N3O2/c1-21-14-8-6-12(7-9-14)15-3-2-10-20(15)11-16-18-17(19-22-16)13-4-5-13/h6-9,13,15H,2-5,10-11H2,1H3/t15-/m1/s1. The third kappa shape index (κ3) is 2.73. The van der Waals surface area contributed by atoms with Crippen LogP contribution in [0.5, 0.6) is 5.75 Å². The Labute approximate surface area is 130 Å². The smallest absolute Gasteiger partial charge is 0.240 e. The molecule has 0 N–H and O–H groups in total. The van der Waals surface area contributed by atoms with E-state index in [4.69, 9.17) is 9.26 Å². The Balaban J connectivity index is 1.47. The summed E-state index contributed by atoms with van der Waals surface area (Å²) in [5.74, 6) is 3.10. The molecule has 0 radical (unpaired) electrons. The quantitative estimate of drug-likeness (QED) is 0.848. The molecule has 1 atom stereocenters. The van der Waals surface area contributed by atoms with E-state index in [2.05, 4.69) is 27.2 Å². The number of hydrogen-bond donors (Lipinski definition) is 0. The first-order valence-electron chi connectivity index (χ1n) is 8.04. The van der Waals surface area contributed by atoms with Gasteiger partial charge in [-0.1, -0.05) is 17.3 Å². The summed E-state index contributed by atoms with van der Waals surface area (Å²) in [7, 11) is 1.70. The van der Waals surface area contributed by atoms with Gasteiger partial charge in [0.1, 0.15) is 5.75 Å². The van der Waals surface area contributed by atoms with E-state index in [1.807, 2.05) is 12.1 Å².